The van der Waals surface area contributed by atoms with Gasteiger partial charge in [-0.25, -0.2) is 9.97 Å². The fourth-order valence-electron chi connectivity index (χ4n) is 1.97. The number of aromatic nitrogens is 2. The van der Waals surface area contributed by atoms with Crippen LogP contribution in [0, 0.1) is 0 Å². The Labute approximate surface area is 83.4 Å². The van der Waals surface area contributed by atoms with Crippen molar-refractivity contribution in [2.45, 2.75) is 38.0 Å². The number of halogens is 1. The van der Waals surface area contributed by atoms with Gasteiger partial charge in [0.15, 0.2) is 0 Å². The Morgan fingerprint density at radius 1 is 1.15 bits per heavy atom. The van der Waals surface area contributed by atoms with Crippen molar-refractivity contribution in [1.82, 2.24) is 9.97 Å². The Kier molecular flexibility index (Phi) is 2.79. The molecule has 1 heterocycles. The van der Waals surface area contributed by atoms with Gasteiger partial charge in [-0.3, -0.25) is 0 Å². The van der Waals surface area contributed by atoms with Crippen LogP contribution in [0.1, 0.15) is 43.7 Å². The molecule has 0 unspecified atom stereocenters. The van der Waals surface area contributed by atoms with Gasteiger partial charge < -0.3 is 0 Å². The molecule has 0 amide bonds. The number of rotatable bonds is 1. The zero-order valence-corrected chi connectivity index (χ0v) is 8.30. The third-order valence-electron chi connectivity index (χ3n) is 2.68. The molecule has 1 aromatic heterocycles. The van der Waals surface area contributed by atoms with Gasteiger partial charge in [-0.15, -0.1) is 0 Å². The van der Waals surface area contributed by atoms with Gasteiger partial charge >= 0.3 is 0 Å². The van der Waals surface area contributed by atoms with Crippen molar-refractivity contribution in [2.24, 2.45) is 0 Å². The van der Waals surface area contributed by atoms with E-state index in [1.54, 1.807) is 6.33 Å². The average Bonchev–Trinajstić information content (AvgIpc) is 2.19. The summed E-state index contributed by atoms with van der Waals surface area (Å²) in [4.78, 5) is 8.16. The van der Waals surface area contributed by atoms with E-state index in [1.165, 1.54) is 32.1 Å². The molecule has 1 aromatic rings. The second-order valence-electron chi connectivity index (χ2n) is 3.60. The van der Waals surface area contributed by atoms with Crippen LogP contribution in [0.5, 0.6) is 0 Å². The lowest BCUT2D eigenvalue weighted by molar-refractivity contribution is 0.436. The smallest absolute Gasteiger partial charge is 0.132 e. The highest BCUT2D eigenvalue weighted by Crippen LogP contribution is 2.31. The van der Waals surface area contributed by atoms with E-state index < -0.39 is 0 Å². The Morgan fingerprint density at radius 2 is 1.92 bits per heavy atom. The Hall–Kier alpha value is -0.630. The van der Waals surface area contributed by atoms with Gasteiger partial charge in [-0.05, 0) is 18.9 Å². The van der Waals surface area contributed by atoms with Gasteiger partial charge in [0.2, 0.25) is 0 Å². The molecule has 0 saturated heterocycles. The second-order valence-corrected chi connectivity index (χ2v) is 3.99. The van der Waals surface area contributed by atoms with Crippen LogP contribution < -0.4 is 0 Å². The lowest BCUT2D eigenvalue weighted by atomic mass is 9.87. The maximum absolute atomic E-state index is 5.81. The third-order valence-corrected chi connectivity index (χ3v) is 2.89. The minimum Gasteiger partial charge on any atom is -0.241 e. The topological polar surface area (TPSA) is 25.8 Å². The molecule has 2 nitrogen and oxygen atoms in total. The van der Waals surface area contributed by atoms with E-state index in [0.717, 1.165) is 5.69 Å². The van der Waals surface area contributed by atoms with E-state index in [2.05, 4.69) is 9.97 Å². The van der Waals surface area contributed by atoms with E-state index in [9.17, 15) is 0 Å². The van der Waals surface area contributed by atoms with Crippen LogP contribution in [-0.2, 0) is 0 Å². The molecule has 1 aliphatic rings. The van der Waals surface area contributed by atoms with E-state index in [4.69, 9.17) is 11.6 Å². The highest BCUT2D eigenvalue weighted by atomic mass is 35.5. The van der Waals surface area contributed by atoms with Gasteiger partial charge in [0.1, 0.15) is 11.5 Å². The lowest BCUT2D eigenvalue weighted by Crippen LogP contribution is -2.06. The monoisotopic (exact) mass is 196 g/mol. The molecule has 70 valence electrons. The third kappa shape index (κ3) is 2.19. The van der Waals surface area contributed by atoms with Crippen LogP contribution in [0.4, 0.5) is 0 Å². The van der Waals surface area contributed by atoms with Crippen LogP contribution in [0.2, 0.25) is 5.15 Å². The van der Waals surface area contributed by atoms with Crippen molar-refractivity contribution in [3.8, 4) is 0 Å². The summed E-state index contributed by atoms with van der Waals surface area (Å²) < 4.78 is 0. The summed E-state index contributed by atoms with van der Waals surface area (Å²) in [5.41, 5.74) is 1.12. The molecule has 3 heteroatoms. The van der Waals surface area contributed by atoms with Gasteiger partial charge in [0.05, 0.1) is 0 Å². The Morgan fingerprint density at radius 3 is 2.62 bits per heavy atom. The van der Waals surface area contributed by atoms with Gasteiger partial charge in [0, 0.05) is 11.6 Å². The first-order valence-electron chi connectivity index (χ1n) is 4.84. The molecule has 1 saturated carbocycles. The standard InChI is InChI=1S/C10H13ClN2/c11-10-6-9(12-7-13-10)8-4-2-1-3-5-8/h6-8H,1-5H2. The van der Waals surface area contributed by atoms with Crippen LogP contribution >= 0.6 is 11.6 Å². The molecule has 1 aliphatic carbocycles. The molecule has 0 aliphatic heterocycles. The van der Waals surface area contributed by atoms with Crippen molar-refractivity contribution < 1.29 is 0 Å². The highest BCUT2D eigenvalue weighted by molar-refractivity contribution is 6.29. The molecule has 0 spiro atoms. The first-order chi connectivity index (χ1) is 6.36. The summed E-state index contributed by atoms with van der Waals surface area (Å²) in [6.07, 6.45) is 8.10. The fourth-order valence-corrected chi connectivity index (χ4v) is 2.12. The number of nitrogens with zero attached hydrogens (tertiary/aromatic N) is 2. The largest absolute Gasteiger partial charge is 0.241 e. The fraction of sp³-hybridized carbons (Fsp3) is 0.600. The molecule has 2 rings (SSSR count). The van der Waals surface area contributed by atoms with E-state index in [-0.39, 0.29) is 0 Å². The maximum Gasteiger partial charge on any atom is 0.132 e. The molecule has 13 heavy (non-hydrogen) atoms. The quantitative estimate of drug-likeness (QED) is 0.645. The zero-order valence-electron chi connectivity index (χ0n) is 7.54. The normalized spacial score (nSPS) is 18.8. The summed E-state index contributed by atoms with van der Waals surface area (Å²) in [7, 11) is 0. The average molecular weight is 197 g/mol. The number of hydrogen-bond donors (Lipinski definition) is 0. The predicted octanol–water partition coefficient (Wildman–Crippen LogP) is 3.18. The van der Waals surface area contributed by atoms with Crippen molar-refractivity contribution in [1.29, 1.82) is 0 Å². The number of hydrogen-bond acceptors (Lipinski definition) is 2. The zero-order chi connectivity index (χ0) is 9.10. The van der Waals surface area contributed by atoms with Gasteiger partial charge in [-0.1, -0.05) is 30.9 Å². The molecular formula is C10H13ClN2. The van der Waals surface area contributed by atoms with Crippen LogP contribution in [0.25, 0.3) is 0 Å². The van der Waals surface area contributed by atoms with Crippen LogP contribution in [0.3, 0.4) is 0 Å². The molecule has 0 bridgehead atoms. The summed E-state index contributed by atoms with van der Waals surface area (Å²) >= 11 is 5.81. The molecule has 0 radical (unpaired) electrons. The molecule has 0 aromatic carbocycles. The summed E-state index contributed by atoms with van der Waals surface area (Å²) in [6, 6.07) is 1.90. The summed E-state index contributed by atoms with van der Waals surface area (Å²) in [6.45, 7) is 0. The second kappa shape index (κ2) is 4.05. The first kappa shape index (κ1) is 8.95. The SMILES string of the molecule is Clc1cc(C2CCCCC2)ncn1. The minimum atomic E-state index is 0.565. The van der Waals surface area contributed by atoms with Crippen molar-refractivity contribution >= 4 is 11.6 Å². The van der Waals surface area contributed by atoms with Crippen molar-refractivity contribution in [3.63, 3.8) is 0 Å². The summed E-state index contributed by atoms with van der Waals surface area (Å²) in [5.74, 6) is 0.620. The lowest BCUT2D eigenvalue weighted by Gasteiger charge is -2.20. The summed E-state index contributed by atoms with van der Waals surface area (Å²) in [5, 5.41) is 0.565. The Balaban J connectivity index is 2.14. The van der Waals surface area contributed by atoms with Crippen LogP contribution in [0.15, 0.2) is 12.4 Å². The molecule has 0 atom stereocenters. The first-order valence-corrected chi connectivity index (χ1v) is 5.21. The predicted molar refractivity (Wildman–Crippen MR) is 52.9 cm³/mol. The van der Waals surface area contributed by atoms with Crippen LogP contribution in [-0.4, -0.2) is 9.97 Å². The van der Waals surface area contributed by atoms with Crippen molar-refractivity contribution in [2.75, 3.05) is 0 Å². The Bertz CT molecular complexity index is 282. The van der Waals surface area contributed by atoms with E-state index >= 15 is 0 Å². The van der Waals surface area contributed by atoms with Crippen molar-refractivity contribution in [3.05, 3.63) is 23.2 Å². The molecular weight excluding hydrogens is 184 g/mol. The maximum atomic E-state index is 5.81. The molecule has 0 N–H and O–H groups in total. The van der Waals surface area contributed by atoms with E-state index in [1.807, 2.05) is 6.07 Å². The molecule has 1 fully saturated rings. The van der Waals surface area contributed by atoms with Gasteiger partial charge in [-0.2, -0.15) is 0 Å². The highest BCUT2D eigenvalue weighted by Gasteiger charge is 2.16. The minimum absolute atomic E-state index is 0.565. The van der Waals surface area contributed by atoms with E-state index in [0.29, 0.717) is 11.1 Å². The van der Waals surface area contributed by atoms with Gasteiger partial charge in [0.25, 0.3) is 0 Å².